The first-order valence-electron chi connectivity index (χ1n) is 6.47. The fourth-order valence-electron chi connectivity index (χ4n) is 2.13. The fraction of sp³-hybridized carbons (Fsp3) is 0.462. The standard InChI is InChI=1S/C13H17N5O2/c1-20-12-4-2-10(3-5-12)15-13(19)18-8-6-11(7-9-18)16-17-14/h2-5,11H,6-9H2,1H3,(H,15,19). The maximum atomic E-state index is 12.1. The van der Waals surface area contributed by atoms with E-state index in [1.54, 1.807) is 36.3 Å². The summed E-state index contributed by atoms with van der Waals surface area (Å²) in [6.45, 7) is 1.21. The van der Waals surface area contributed by atoms with Crippen molar-refractivity contribution in [2.75, 3.05) is 25.5 Å². The molecular formula is C13H17N5O2. The van der Waals surface area contributed by atoms with Crippen LogP contribution in [0.2, 0.25) is 0 Å². The van der Waals surface area contributed by atoms with Crippen LogP contribution in [0.3, 0.4) is 0 Å². The van der Waals surface area contributed by atoms with Crippen LogP contribution in [-0.2, 0) is 0 Å². The highest BCUT2D eigenvalue weighted by Gasteiger charge is 2.21. The molecule has 0 bridgehead atoms. The lowest BCUT2D eigenvalue weighted by Gasteiger charge is -2.29. The summed E-state index contributed by atoms with van der Waals surface area (Å²) in [4.78, 5) is 16.6. The molecule has 0 aliphatic carbocycles. The molecule has 1 heterocycles. The third-order valence-corrected chi connectivity index (χ3v) is 3.31. The molecule has 1 N–H and O–H groups in total. The van der Waals surface area contributed by atoms with Crippen molar-refractivity contribution in [1.29, 1.82) is 0 Å². The molecule has 0 radical (unpaired) electrons. The van der Waals surface area contributed by atoms with E-state index in [-0.39, 0.29) is 12.1 Å². The number of ether oxygens (including phenoxy) is 1. The molecule has 0 atom stereocenters. The summed E-state index contributed by atoms with van der Waals surface area (Å²) in [6.07, 6.45) is 1.42. The molecule has 1 aliphatic rings. The van der Waals surface area contributed by atoms with Crippen molar-refractivity contribution in [3.63, 3.8) is 0 Å². The first kappa shape index (κ1) is 14.0. The largest absolute Gasteiger partial charge is 0.497 e. The number of nitrogens with zero attached hydrogens (tertiary/aromatic N) is 4. The number of hydrogen-bond donors (Lipinski definition) is 1. The Labute approximate surface area is 117 Å². The minimum Gasteiger partial charge on any atom is -0.497 e. The summed E-state index contributed by atoms with van der Waals surface area (Å²) in [5.41, 5.74) is 9.12. The van der Waals surface area contributed by atoms with Gasteiger partial charge in [0.2, 0.25) is 0 Å². The van der Waals surface area contributed by atoms with Crippen LogP contribution >= 0.6 is 0 Å². The van der Waals surface area contributed by atoms with Crippen LogP contribution in [0.1, 0.15) is 12.8 Å². The van der Waals surface area contributed by atoms with Crippen molar-refractivity contribution in [1.82, 2.24) is 4.90 Å². The molecule has 1 fully saturated rings. The van der Waals surface area contributed by atoms with Crippen molar-refractivity contribution in [2.45, 2.75) is 18.9 Å². The zero-order chi connectivity index (χ0) is 14.4. The molecule has 2 amide bonds. The van der Waals surface area contributed by atoms with Gasteiger partial charge in [0.1, 0.15) is 5.75 Å². The van der Waals surface area contributed by atoms with E-state index in [1.165, 1.54) is 0 Å². The minimum absolute atomic E-state index is 0.00466. The molecule has 7 heteroatoms. The molecule has 0 unspecified atom stereocenters. The molecule has 0 aromatic heterocycles. The van der Waals surface area contributed by atoms with Gasteiger partial charge in [0.25, 0.3) is 0 Å². The van der Waals surface area contributed by atoms with E-state index >= 15 is 0 Å². The number of carbonyl (C=O) groups is 1. The second-order valence-corrected chi connectivity index (χ2v) is 4.58. The van der Waals surface area contributed by atoms with E-state index in [4.69, 9.17) is 10.3 Å². The monoisotopic (exact) mass is 275 g/mol. The molecule has 1 aliphatic heterocycles. The van der Waals surface area contributed by atoms with Gasteiger partial charge in [-0.25, -0.2) is 4.79 Å². The minimum atomic E-state index is -0.130. The van der Waals surface area contributed by atoms with E-state index in [9.17, 15) is 4.79 Å². The molecule has 0 spiro atoms. The summed E-state index contributed by atoms with van der Waals surface area (Å²) in [5, 5.41) is 6.53. The van der Waals surface area contributed by atoms with Gasteiger partial charge in [-0.05, 0) is 42.6 Å². The Morgan fingerprint density at radius 2 is 2.05 bits per heavy atom. The fourth-order valence-corrected chi connectivity index (χ4v) is 2.13. The summed E-state index contributed by atoms with van der Waals surface area (Å²) in [6, 6.07) is 7.06. The Morgan fingerprint density at radius 1 is 1.40 bits per heavy atom. The molecule has 2 rings (SSSR count). The van der Waals surface area contributed by atoms with Crippen molar-refractivity contribution < 1.29 is 9.53 Å². The number of hydrogen-bond acceptors (Lipinski definition) is 3. The maximum Gasteiger partial charge on any atom is 0.321 e. The van der Waals surface area contributed by atoms with Gasteiger partial charge in [0, 0.05) is 29.7 Å². The predicted octanol–water partition coefficient (Wildman–Crippen LogP) is 3.00. The normalized spacial score (nSPS) is 15.3. The van der Waals surface area contributed by atoms with E-state index in [0.29, 0.717) is 25.9 Å². The highest BCUT2D eigenvalue weighted by molar-refractivity contribution is 5.89. The van der Waals surface area contributed by atoms with Crippen LogP contribution in [0.4, 0.5) is 10.5 Å². The second kappa shape index (κ2) is 6.68. The van der Waals surface area contributed by atoms with E-state index in [2.05, 4.69) is 15.3 Å². The Hall–Kier alpha value is -2.40. The number of rotatable bonds is 3. The van der Waals surface area contributed by atoms with Gasteiger partial charge in [-0.3, -0.25) is 0 Å². The van der Waals surface area contributed by atoms with Gasteiger partial charge in [0.05, 0.1) is 7.11 Å². The first-order valence-corrected chi connectivity index (χ1v) is 6.47. The van der Waals surface area contributed by atoms with Crippen LogP contribution in [0.15, 0.2) is 29.4 Å². The summed E-state index contributed by atoms with van der Waals surface area (Å²) in [5.74, 6) is 0.748. The van der Waals surface area contributed by atoms with E-state index in [0.717, 1.165) is 11.4 Å². The van der Waals surface area contributed by atoms with Crippen molar-refractivity contribution >= 4 is 11.7 Å². The van der Waals surface area contributed by atoms with Gasteiger partial charge < -0.3 is 15.0 Å². The van der Waals surface area contributed by atoms with Crippen LogP contribution in [0.5, 0.6) is 5.75 Å². The van der Waals surface area contributed by atoms with Crippen molar-refractivity contribution in [3.8, 4) is 5.75 Å². The lowest BCUT2D eigenvalue weighted by molar-refractivity contribution is 0.195. The van der Waals surface area contributed by atoms with Crippen LogP contribution in [0, 0.1) is 0 Å². The lowest BCUT2D eigenvalue weighted by Crippen LogP contribution is -2.41. The summed E-state index contributed by atoms with van der Waals surface area (Å²) in [7, 11) is 1.60. The van der Waals surface area contributed by atoms with Crippen LogP contribution in [0.25, 0.3) is 10.4 Å². The smallest absolute Gasteiger partial charge is 0.321 e. The lowest BCUT2D eigenvalue weighted by atomic mass is 10.1. The van der Waals surface area contributed by atoms with Crippen molar-refractivity contribution in [3.05, 3.63) is 34.7 Å². The Balaban J connectivity index is 1.87. The number of piperidine rings is 1. The van der Waals surface area contributed by atoms with Crippen LogP contribution in [-0.4, -0.2) is 37.2 Å². The number of carbonyl (C=O) groups excluding carboxylic acids is 1. The number of benzene rings is 1. The number of urea groups is 1. The topological polar surface area (TPSA) is 90.3 Å². The molecule has 7 nitrogen and oxygen atoms in total. The van der Waals surface area contributed by atoms with Gasteiger partial charge >= 0.3 is 6.03 Å². The number of amides is 2. The number of nitrogens with one attached hydrogen (secondary N) is 1. The molecule has 0 saturated carbocycles. The molecular weight excluding hydrogens is 258 g/mol. The third kappa shape index (κ3) is 3.55. The van der Waals surface area contributed by atoms with Gasteiger partial charge in [-0.15, -0.1) is 0 Å². The Bertz CT molecular complexity index is 502. The van der Waals surface area contributed by atoms with Gasteiger partial charge in [0.15, 0.2) is 0 Å². The summed E-state index contributed by atoms with van der Waals surface area (Å²) >= 11 is 0. The first-order chi connectivity index (χ1) is 9.72. The third-order valence-electron chi connectivity index (χ3n) is 3.31. The number of anilines is 1. The molecule has 20 heavy (non-hydrogen) atoms. The number of likely N-dealkylation sites (tertiary alicyclic amines) is 1. The average molecular weight is 275 g/mol. The summed E-state index contributed by atoms with van der Waals surface area (Å²) < 4.78 is 5.06. The Kier molecular flexibility index (Phi) is 4.68. The zero-order valence-electron chi connectivity index (χ0n) is 11.3. The van der Waals surface area contributed by atoms with Gasteiger partial charge in [-0.1, -0.05) is 5.11 Å². The average Bonchev–Trinajstić information content (AvgIpc) is 2.49. The molecule has 1 saturated heterocycles. The highest BCUT2D eigenvalue weighted by Crippen LogP contribution is 2.18. The molecule has 106 valence electrons. The van der Waals surface area contributed by atoms with Crippen LogP contribution < -0.4 is 10.1 Å². The van der Waals surface area contributed by atoms with E-state index < -0.39 is 0 Å². The molecule has 1 aromatic rings. The Morgan fingerprint density at radius 3 is 2.60 bits per heavy atom. The van der Waals surface area contributed by atoms with E-state index in [1.807, 2.05) is 0 Å². The van der Waals surface area contributed by atoms with Gasteiger partial charge in [-0.2, -0.15) is 0 Å². The predicted molar refractivity (Wildman–Crippen MR) is 75.8 cm³/mol. The molecule has 1 aromatic carbocycles. The number of azide groups is 1. The highest BCUT2D eigenvalue weighted by atomic mass is 16.5. The SMILES string of the molecule is COc1ccc(NC(=O)N2CCC(N=[N+]=[N-])CC2)cc1. The van der Waals surface area contributed by atoms with Crippen molar-refractivity contribution in [2.24, 2.45) is 5.11 Å². The zero-order valence-corrected chi connectivity index (χ0v) is 11.3. The maximum absolute atomic E-state index is 12.1. The quantitative estimate of drug-likeness (QED) is 0.522. The number of methoxy groups -OCH3 is 1. The second-order valence-electron chi connectivity index (χ2n) is 4.58.